The highest BCUT2D eigenvalue weighted by Gasteiger charge is 2.15. The van der Waals surface area contributed by atoms with Crippen molar-refractivity contribution in [3.8, 4) is 0 Å². The normalized spacial score (nSPS) is 11.2. The van der Waals surface area contributed by atoms with Crippen LogP contribution >= 0.6 is 22.7 Å². The summed E-state index contributed by atoms with van der Waals surface area (Å²) < 4.78 is 1.47. The Morgan fingerprint density at radius 3 is 2.82 bits per heavy atom. The van der Waals surface area contributed by atoms with Gasteiger partial charge in [0, 0.05) is 4.88 Å². The van der Waals surface area contributed by atoms with Crippen LogP contribution in [0.25, 0.3) is 10.2 Å². The number of rotatable bonds is 4. The van der Waals surface area contributed by atoms with E-state index in [9.17, 15) is 9.59 Å². The zero-order chi connectivity index (χ0) is 15.9. The Balaban J connectivity index is 2.00. The van der Waals surface area contributed by atoms with Crippen LogP contribution in [0.1, 0.15) is 32.2 Å². The van der Waals surface area contributed by atoms with Gasteiger partial charge < -0.3 is 5.11 Å². The van der Waals surface area contributed by atoms with E-state index >= 15 is 0 Å². The molecular formula is C14H13N3O3S2. The van der Waals surface area contributed by atoms with Gasteiger partial charge in [0.1, 0.15) is 14.7 Å². The molecule has 0 radical (unpaired) electrons. The topological polar surface area (TPSA) is 85.1 Å². The molecule has 0 saturated heterocycles. The first-order valence-electron chi connectivity index (χ1n) is 6.67. The smallest absolute Gasteiger partial charge is 0.347 e. The minimum absolute atomic E-state index is 0.120. The van der Waals surface area contributed by atoms with Crippen LogP contribution < -0.4 is 5.56 Å². The summed E-state index contributed by atoms with van der Waals surface area (Å²) in [4.78, 5) is 34.1. The Bertz CT molecular complexity index is 923. The molecule has 8 heteroatoms. The highest BCUT2D eigenvalue weighted by atomic mass is 32.1. The molecule has 0 aromatic carbocycles. The molecule has 6 nitrogen and oxygen atoms in total. The van der Waals surface area contributed by atoms with Gasteiger partial charge in [-0.3, -0.25) is 9.36 Å². The lowest BCUT2D eigenvalue weighted by Crippen LogP contribution is -2.20. The van der Waals surface area contributed by atoms with E-state index in [-0.39, 0.29) is 17.0 Å². The van der Waals surface area contributed by atoms with E-state index in [1.807, 2.05) is 13.0 Å². The van der Waals surface area contributed by atoms with E-state index in [1.165, 1.54) is 22.2 Å². The number of aromatic carboxylic acids is 1. The van der Waals surface area contributed by atoms with Gasteiger partial charge in [-0.2, -0.15) is 0 Å². The number of thiophene rings is 1. The summed E-state index contributed by atoms with van der Waals surface area (Å²) >= 11 is 2.61. The fourth-order valence-corrected chi connectivity index (χ4v) is 3.99. The third kappa shape index (κ3) is 2.55. The Labute approximate surface area is 133 Å². The van der Waals surface area contributed by atoms with Crippen molar-refractivity contribution in [1.29, 1.82) is 0 Å². The molecule has 0 saturated carbocycles. The number of aryl methyl sites for hydroxylation is 2. The van der Waals surface area contributed by atoms with Gasteiger partial charge >= 0.3 is 5.97 Å². The van der Waals surface area contributed by atoms with Gasteiger partial charge in [0.05, 0.1) is 24.0 Å². The number of hydrogen-bond donors (Lipinski definition) is 1. The monoisotopic (exact) mass is 335 g/mol. The molecular weight excluding hydrogens is 322 g/mol. The summed E-state index contributed by atoms with van der Waals surface area (Å²) in [6.45, 7) is 3.92. The molecule has 0 bridgehead atoms. The van der Waals surface area contributed by atoms with Gasteiger partial charge in [0.25, 0.3) is 5.56 Å². The largest absolute Gasteiger partial charge is 0.477 e. The summed E-state index contributed by atoms with van der Waals surface area (Å²) in [5, 5.41) is 10.3. The van der Waals surface area contributed by atoms with Crippen LogP contribution in [0, 0.1) is 6.92 Å². The predicted octanol–water partition coefficient (Wildman–Crippen LogP) is 2.53. The minimum atomic E-state index is -0.993. The average Bonchev–Trinajstić information content (AvgIpc) is 3.05. The van der Waals surface area contributed by atoms with E-state index in [0.717, 1.165) is 27.5 Å². The molecule has 3 rings (SSSR count). The van der Waals surface area contributed by atoms with Crippen LogP contribution in [0.5, 0.6) is 0 Å². The number of nitrogens with zero attached hydrogens (tertiary/aromatic N) is 3. The lowest BCUT2D eigenvalue weighted by Gasteiger charge is -2.01. The molecule has 0 aliphatic heterocycles. The Morgan fingerprint density at radius 1 is 1.41 bits per heavy atom. The summed E-state index contributed by atoms with van der Waals surface area (Å²) in [7, 11) is 0. The van der Waals surface area contributed by atoms with Crippen molar-refractivity contribution in [3.63, 3.8) is 0 Å². The van der Waals surface area contributed by atoms with E-state index < -0.39 is 5.97 Å². The van der Waals surface area contributed by atoms with E-state index in [4.69, 9.17) is 5.11 Å². The summed E-state index contributed by atoms with van der Waals surface area (Å²) in [5.74, 6) is -0.993. The van der Waals surface area contributed by atoms with Crippen molar-refractivity contribution in [2.75, 3.05) is 0 Å². The first-order chi connectivity index (χ1) is 10.5. The molecule has 0 spiro atoms. The van der Waals surface area contributed by atoms with Gasteiger partial charge in [-0.25, -0.2) is 14.8 Å². The second-order valence-electron chi connectivity index (χ2n) is 4.79. The SMILES string of the molecule is CCc1cc2c(=O)n(Cc3nc(C)c(C(=O)O)s3)cnc2s1. The zero-order valence-corrected chi connectivity index (χ0v) is 13.6. The second-order valence-corrected chi connectivity index (χ2v) is 6.99. The van der Waals surface area contributed by atoms with Crippen molar-refractivity contribution < 1.29 is 9.90 Å². The van der Waals surface area contributed by atoms with Gasteiger partial charge in [-0.05, 0) is 19.4 Å². The van der Waals surface area contributed by atoms with E-state index in [2.05, 4.69) is 9.97 Å². The highest BCUT2D eigenvalue weighted by molar-refractivity contribution is 7.18. The molecule has 0 atom stereocenters. The minimum Gasteiger partial charge on any atom is -0.477 e. The van der Waals surface area contributed by atoms with Crippen LogP contribution in [0.4, 0.5) is 0 Å². The summed E-state index contributed by atoms with van der Waals surface area (Å²) in [6, 6.07) is 1.88. The maximum absolute atomic E-state index is 12.5. The maximum Gasteiger partial charge on any atom is 0.347 e. The molecule has 1 N–H and O–H groups in total. The van der Waals surface area contributed by atoms with Crippen molar-refractivity contribution in [1.82, 2.24) is 14.5 Å². The van der Waals surface area contributed by atoms with Crippen molar-refractivity contribution >= 4 is 38.9 Å². The zero-order valence-electron chi connectivity index (χ0n) is 12.0. The lowest BCUT2D eigenvalue weighted by atomic mass is 10.3. The highest BCUT2D eigenvalue weighted by Crippen LogP contribution is 2.22. The van der Waals surface area contributed by atoms with Gasteiger partial charge in [0.2, 0.25) is 0 Å². The third-order valence-corrected chi connectivity index (χ3v) is 5.58. The molecule has 22 heavy (non-hydrogen) atoms. The molecule has 114 valence electrons. The molecule has 3 aromatic heterocycles. The van der Waals surface area contributed by atoms with Crippen molar-refractivity contribution in [3.05, 3.63) is 43.2 Å². The van der Waals surface area contributed by atoms with Crippen LogP contribution in [0.2, 0.25) is 0 Å². The third-order valence-electron chi connectivity index (χ3n) is 3.26. The molecule has 0 aliphatic rings. The second kappa shape index (κ2) is 5.62. The first kappa shape index (κ1) is 14.9. The number of carboxylic acid groups (broad SMARTS) is 1. The van der Waals surface area contributed by atoms with Crippen LogP contribution in [-0.2, 0) is 13.0 Å². The number of carboxylic acids is 1. The maximum atomic E-state index is 12.5. The summed E-state index contributed by atoms with van der Waals surface area (Å²) in [5.41, 5.74) is 0.351. The standard InChI is InChI=1S/C14H13N3O3S2/c1-3-8-4-9-12(21-8)15-6-17(13(9)18)5-10-16-7(2)11(22-10)14(19)20/h4,6H,3,5H2,1-2H3,(H,19,20). The van der Waals surface area contributed by atoms with Crippen molar-refractivity contribution in [2.24, 2.45) is 0 Å². The first-order valence-corrected chi connectivity index (χ1v) is 8.30. The van der Waals surface area contributed by atoms with Gasteiger partial charge in [0.15, 0.2) is 0 Å². The van der Waals surface area contributed by atoms with Gasteiger partial charge in [-0.15, -0.1) is 22.7 Å². The van der Waals surface area contributed by atoms with Crippen LogP contribution in [-0.4, -0.2) is 25.6 Å². The van der Waals surface area contributed by atoms with Crippen LogP contribution in [0.3, 0.4) is 0 Å². The average molecular weight is 335 g/mol. The molecule has 0 amide bonds. The van der Waals surface area contributed by atoms with Crippen molar-refractivity contribution in [2.45, 2.75) is 26.8 Å². The molecule has 3 heterocycles. The molecule has 3 aromatic rings. The quantitative estimate of drug-likeness (QED) is 0.792. The van der Waals surface area contributed by atoms with Gasteiger partial charge in [-0.1, -0.05) is 6.92 Å². The molecule has 0 aliphatic carbocycles. The number of aromatic nitrogens is 3. The van der Waals surface area contributed by atoms with Crippen LogP contribution in [0.15, 0.2) is 17.2 Å². The Kier molecular flexibility index (Phi) is 3.79. The predicted molar refractivity (Wildman–Crippen MR) is 86.2 cm³/mol. The molecule has 0 fully saturated rings. The van der Waals surface area contributed by atoms with E-state index in [0.29, 0.717) is 16.1 Å². The van der Waals surface area contributed by atoms with E-state index in [1.54, 1.807) is 6.92 Å². The lowest BCUT2D eigenvalue weighted by molar-refractivity contribution is 0.0701. The summed E-state index contributed by atoms with van der Waals surface area (Å²) in [6.07, 6.45) is 2.37. The number of thiazole rings is 1. The fraction of sp³-hybridized carbons (Fsp3) is 0.286. The number of hydrogen-bond acceptors (Lipinski definition) is 6. The Hall–Kier alpha value is -2.06. The molecule has 0 unspecified atom stereocenters. The number of carbonyl (C=O) groups is 1. The fourth-order valence-electron chi connectivity index (χ4n) is 2.16. The number of fused-ring (bicyclic) bond motifs is 1. The Morgan fingerprint density at radius 2 is 2.18 bits per heavy atom.